The van der Waals surface area contributed by atoms with E-state index in [1.165, 1.54) is 0 Å². The minimum atomic E-state index is -3.04. The normalized spacial score (nSPS) is 11.8. The Hall–Kier alpha value is -0.130. The molecular weight excluding hydrogens is 164 g/mol. The highest BCUT2D eigenvalue weighted by Crippen LogP contribution is 1.92. The van der Waals surface area contributed by atoms with Gasteiger partial charge in [-0.3, -0.25) is 0 Å². The van der Waals surface area contributed by atoms with E-state index >= 15 is 0 Å². The summed E-state index contributed by atoms with van der Waals surface area (Å²) in [6.45, 7) is 2.65. The van der Waals surface area contributed by atoms with Crippen molar-refractivity contribution in [1.82, 2.24) is 4.72 Å². The molecule has 0 unspecified atom stereocenters. The Morgan fingerprint density at radius 3 is 2.55 bits per heavy atom. The van der Waals surface area contributed by atoms with E-state index in [4.69, 9.17) is 5.73 Å². The molecule has 68 valence electrons. The van der Waals surface area contributed by atoms with Gasteiger partial charge < -0.3 is 5.73 Å². The van der Waals surface area contributed by atoms with Crippen LogP contribution in [0.15, 0.2) is 0 Å². The molecule has 0 aliphatic rings. The zero-order chi connectivity index (χ0) is 8.74. The fourth-order valence-corrected chi connectivity index (χ4v) is 1.86. The second-order valence-corrected chi connectivity index (χ2v) is 4.28. The average molecular weight is 180 g/mol. The van der Waals surface area contributed by atoms with E-state index < -0.39 is 10.0 Å². The summed E-state index contributed by atoms with van der Waals surface area (Å²) in [6.07, 6.45) is 1.60. The van der Waals surface area contributed by atoms with Gasteiger partial charge in [-0.05, 0) is 6.42 Å². The predicted octanol–water partition coefficient (Wildman–Crippen LogP) is -0.335. The minimum absolute atomic E-state index is 0.212. The maximum Gasteiger partial charge on any atom is 0.211 e. The Balaban J connectivity index is 3.63. The van der Waals surface area contributed by atoms with Gasteiger partial charge in [-0.25, -0.2) is 13.1 Å². The molecular formula is C6H16N2O2S. The fraction of sp³-hybridized carbons (Fsp3) is 1.00. The zero-order valence-electron chi connectivity index (χ0n) is 6.84. The van der Waals surface area contributed by atoms with E-state index in [1.807, 2.05) is 6.92 Å². The highest BCUT2D eigenvalue weighted by molar-refractivity contribution is 7.89. The van der Waals surface area contributed by atoms with Crippen LogP contribution >= 0.6 is 0 Å². The van der Waals surface area contributed by atoms with E-state index in [1.54, 1.807) is 0 Å². The second-order valence-electron chi connectivity index (χ2n) is 2.36. The number of hydrogen-bond donors (Lipinski definition) is 2. The van der Waals surface area contributed by atoms with Crippen molar-refractivity contribution in [2.24, 2.45) is 5.73 Å². The van der Waals surface area contributed by atoms with Crippen LogP contribution < -0.4 is 10.5 Å². The van der Waals surface area contributed by atoms with Crippen LogP contribution in [0, 0.1) is 0 Å². The molecule has 4 nitrogen and oxygen atoms in total. The predicted molar refractivity (Wildman–Crippen MR) is 45.8 cm³/mol. The van der Waals surface area contributed by atoms with Crippen molar-refractivity contribution in [2.45, 2.75) is 19.8 Å². The van der Waals surface area contributed by atoms with Crippen molar-refractivity contribution >= 4 is 10.0 Å². The highest BCUT2D eigenvalue weighted by atomic mass is 32.2. The first kappa shape index (κ1) is 10.9. The van der Waals surface area contributed by atoms with Crippen LogP contribution in [0.2, 0.25) is 0 Å². The quantitative estimate of drug-likeness (QED) is 0.587. The van der Waals surface area contributed by atoms with Crippen molar-refractivity contribution < 1.29 is 8.42 Å². The standard InChI is InChI=1S/C6H16N2O2S/c1-2-3-6-11(9,10)8-5-4-7/h8H,2-7H2,1H3. The first-order chi connectivity index (χ1) is 5.12. The van der Waals surface area contributed by atoms with E-state index in [9.17, 15) is 8.42 Å². The summed E-state index contributed by atoms with van der Waals surface area (Å²) in [5.41, 5.74) is 5.14. The van der Waals surface area contributed by atoms with Crippen LogP contribution in [0.3, 0.4) is 0 Å². The lowest BCUT2D eigenvalue weighted by Crippen LogP contribution is -2.31. The number of rotatable bonds is 6. The van der Waals surface area contributed by atoms with Crippen LogP contribution in [0.5, 0.6) is 0 Å². The number of sulfonamides is 1. The summed E-state index contributed by atoms with van der Waals surface area (Å²) in [5, 5.41) is 0. The molecule has 0 saturated heterocycles. The van der Waals surface area contributed by atoms with Gasteiger partial charge in [-0.1, -0.05) is 13.3 Å². The van der Waals surface area contributed by atoms with Crippen molar-refractivity contribution in [3.8, 4) is 0 Å². The van der Waals surface area contributed by atoms with Gasteiger partial charge in [0.05, 0.1) is 5.75 Å². The molecule has 0 saturated carbocycles. The topological polar surface area (TPSA) is 72.2 Å². The molecule has 0 spiro atoms. The Kier molecular flexibility index (Phi) is 5.45. The summed E-state index contributed by atoms with van der Waals surface area (Å²) >= 11 is 0. The lowest BCUT2D eigenvalue weighted by atomic mass is 10.4. The first-order valence-corrected chi connectivity index (χ1v) is 5.45. The second kappa shape index (κ2) is 5.51. The van der Waals surface area contributed by atoms with Crippen molar-refractivity contribution in [1.29, 1.82) is 0 Å². The molecule has 0 aliphatic carbocycles. The summed E-state index contributed by atoms with van der Waals surface area (Å²) < 4.78 is 24.4. The molecule has 0 aromatic heterocycles. The molecule has 0 fully saturated rings. The average Bonchev–Trinajstić information content (AvgIpc) is 1.97. The Morgan fingerprint density at radius 2 is 2.09 bits per heavy atom. The van der Waals surface area contributed by atoms with Crippen LogP contribution in [0.1, 0.15) is 19.8 Å². The summed E-state index contributed by atoms with van der Waals surface area (Å²) in [5.74, 6) is 0.212. The first-order valence-electron chi connectivity index (χ1n) is 3.80. The largest absolute Gasteiger partial charge is 0.329 e. The third kappa shape index (κ3) is 6.28. The van der Waals surface area contributed by atoms with E-state index in [0.717, 1.165) is 6.42 Å². The maximum absolute atomic E-state index is 11.0. The third-order valence-corrected chi connectivity index (χ3v) is 2.70. The zero-order valence-corrected chi connectivity index (χ0v) is 7.65. The number of unbranched alkanes of at least 4 members (excludes halogenated alkanes) is 1. The Morgan fingerprint density at radius 1 is 1.45 bits per heavy atom. The number of nitrogens with two attached hydrogens (primary N) is 1. The lowest BCUT2D eigenvalue weighted by molar-refractivity contribution is 0.579. The van der Waals surface area contributed by atoms with Crippen molar-refractivity contribution in [2.75, 3.05) is 18.8 Å². The van der Waals surface area contributed by atoms with Gasteiger partial charge in [0.15, 0.2) is 0 Å². The Labute approximate surface area is 68.2 Å². The van der Waals surface area contributed by atoms with Gasteiger partial charge in [0, 0.05) is 13.1 Å². The van der Waals surface area contributed by atoms with E-state index in [0.29, 0.717) is 19.5 Å². The van der Waals surface area contributed by atoms with Gasteiger partial charge in [0.1, 0.15) is 0 Å². The summed E-state index contributed by atoms with van der Waals surface area (Å²) in [4.78, 5) is 0. The molecule has 11 heavy (non-hydrogen) atoms. The molecule has 0 bridgehead atoms. The maximum atomic E-state index is 11.0. The molecule has 5 heteroatoms. The minimum Gasteiger partial charge on any atom is -0.329 e. The van der Waals surface area contributed by atoms with Crippen LogP contribution in [0.25, 0.3) is 0 Å². The van der Waals surface area contributed by atoms with Gasteiger partial charge in [0.2, 0.25) is 10.0 Å². The van der Waals surface area contributed by atoms with Crippen molar-refractivity contribution in [3.05, 3.63) is 0 Å². The Bertz CT molecular complexity index is 163. The molecule has 0 amide bonds. The van der Waals surface area contributed by atoms with Gasteiger partial charge in [-0.2, -0.15) is 0 Å². The van der Waals surface area contributed by atoms with Gasteiger partial charge in [-0.15, -0.1) is 0 Å². The van der Waals surface area contributed by atoms with Crippen molar-refractivity contribution in [3.63, 3.8) is 0 Å². The molecule has 3 N–H and O–H groups in total. The molecule has 0 aromatic rings. The fourth-order valence-electron chi connectivity index (χ4n) is 0.621. The van der Waals surface area contributed by atoms with Gasteiger partial charge >= 0.3 is 0 Å². The highest BCUT2D eigenvalue weighted by Gasteiger charge is 2.06. The number of hydrogen-bond acceptors (Lipinski definition) is 3. The lowest BCUT2D eigenvalue weighted by Gasteiger charge is -2.03. The smallest absolute Gasteiger partial charge is 0.211 e. The molecule has 0 aromatic carbocycles. The van der Waals surface area contributed by atoms with E-state index in [2.05, 4.69) is 4.72 Å². The van der Waals surface area contributed by atoms with Crippen LogP contribution in [-0.4, -0.2) is 27.3 Å². The molecule has 0 heterocycles. The molecule has 0 rings (SSSR count). The summed E-state index contributed by atoms with van der Waals surface area (Å²) in [7, 11) is -3.04. The van der Waals surface area contributed by atoms with Crippen LogP contribution in [-0.2, 0) is 10.0 Å². The third-order valence-electron chi connectivity index (χ3n) is 1.23. The van der Waals surface area contributed by atoms with Crippen LogP contribution in [0.4, 0.5) is 0 Å². The molecule has 0 aliphatic heterocycles. The SMILES string of the molecule is CCCCS(=O)(=O)NCCN. The van der Waals surface area contributed by atoms with Gasteiger partial charge in [0.25, 0.3) is 0 Å². The monoisotopic (exact) mass is 180 g/mol. The summed E-state index contributed by atoms with van der Waals surface area (Å²) in [6, 6.07) is 0. The number of nitrogens with one attached hydrogen (secondary N) is 1. The van der Waals surface area contributed by atoms with E-state index in [-0.39, 0.29) is 5.75 Å². The molecule has 0 radical (unpaired) electrons. The molecule has 0 atom stereocenters.